The first-order chi connectivity index (χ1) is 15.9. The third kappa shape index (κ3) is 3.58. The molecule has 11 heteroatoms. The minimum atomic E-state index is -4.04. The summed E-state index contributed by atoms with van der Waals surface area (Å²) in [4.78, 5) is 21.1. The molecule has 9 nitrogen and oxygen atoms in total. The number of benzene rings is 2. The van der Waals surface area contributed by atoms with Gasteiger partial charge >= 0.3 is 0 Å². The molecule has 4 aromatic rings. The van der Waals surface area contributed by atoms with E-state index in [0.717, 1.165) is 0 Å². The van der Waals surface area contributed by atoms with Crippen LogP contribution in [-0.2, 0) is 10.0 Å². The molecule has 2 aromatic heterocycles. The average molecular weight is 469 g/mol. The van der Waals surface area contributed by atoms with Gasteiger partial charge < -0.3 is 9.88 Å². The maximum absolute atomic E-state index is 14.9. The number of sulfonamides is 1. The van der Waals surface area contributed by atoms with Crippen LogP contribution < -0.4 is 0 Å². The van der Waals surface area contributed by atoms with Crippen LogP contribution in [0.1, 0.15) is 17.3 Å². The predicted molar refractivity (Wildman–Crippen MR) is 119 cm³/mol. The lowest BCUT2D eigenvalue weighted by Gasteiger charge is -2.38. The van der Waals surface area contributed by atoms with E-state index in [1.807, 2.05) is 6.07 Å². The number of H-pyrrole nitrogens is 1. The Bertz CT molecular complexity index is 1420. The molecule has 170 valence electrons. The molecular formula is C22H21FN6O3S. The molecule has 0 unspecified atom stereocenters. The van der Waals surface area contributed by atoms with Gasteiger partial charge in [0.2, 0.25) is 10.0 Å². The van der Waals surface area contributed by atoms with Crippen molar-refractivity contribution < 1.29 is 17.6 Å². The summed E-state index contributed by atoms with van der Waals surface area (Å²) >= 11 is 0. The monoisotopic (exact) mass is 468 g/mol. The second-order valence-corrected chi connectivity index (χ2v) is 9.75. The predicted octanol–water partition coefficient (Wildman–Crippen LogP) is 2.42. The SMILES string of the molecule is C[C@@H]1CN(C(=O)c2ccccc2)CCN1S(=O)(=O)c1c[nH]c2c(-n3cncn3)ccc(F)c12. The lowest BCUT2D eigenvalue weighted by molar-refractivity contribution is 0.0642. The van der Waals surface area contributed by atoms with Crippen LogP contribution in [0, 0.1) is 5.82 Å². The number of hydrogen-bond acceptors (Lipinski definition) is 5. The lowest BCUT2D eigenvalue weighted by Crippen LogP contribution is -2.55. The highest BCUT2D eigenvalue weighted by Crippen LogP contribution is 2.33. The van der Waals surface area contributed by atoms with Gasteiger partial charge in [0.25, 0.3) is 5.91 Å². The number of piperazine rings is 1. The topological polar surface area (TPSA) is 104 Å². The van der Waals surface area contributed by atoms with Gasteiger partial charge in [-0.25, -0.2) is 22.5 Å². The zero-order valence-corrected chi connectivity index (χ0v) is 18.5. The van der Waals surface area contributed by atoms with Crippen LogP contribution in [0.15, 0.2) is 66.2 Å². The van der Waals surface area contributed by atoms with Gasteiger partial charge in [-0.05, 0) is 31.2 Å². The molecule has 1 fully saturated rings. The Hall–Kier alpha value is -3.57. The number of fused-ring (bicyclic) bond motifs is 1. The van der Waals surface area contributed by atoms with Crippen LogP contribution in [0.25, 0.3) is 16.6 Å². The van der Waals surface area contributed by atoms with Crippen molar-refractivity contribution >= 4 is 26.8 Å². The molecule has 5 rings (SSSR count). The number of nitrogens with zero attached hydrogens (tertiary/aromatic N) is 5. The van der Waals surface area contributed by atoms with Crippen LogP contribution >= 0.6 is 0 Å². The highest BCUT2D eigenvalue weighted by atomic mass is 32.2. The molecule has 1 saturated heterocycles. The second kappa shape index (κ2) is 8.09. The molecule has 0 saturated carbocycles. The summed E-state index contributed by atoms with van der Waals surface area (Å²) in [5.74, 6) is -0.797. The number of amides is 1. The number of carbonyl (C=O) groups excluding carboxylic acids is 1. The van der Waals surface area contributed by atoms with Gasteiger partial charge in [0.15, 0.2) is 0 Å². The molecule has 1 amide bonds. The van der Waals surface area contributed by atoms with Gasteiger partial charge in [0, 0.05) is 37.4 Å². The Morgan fingerprint density at radius 1 is 1.15 bits per heavy atom. The van der Waals surface area contributed by atoms with Crippen molar-refractivity contribution in [2.24, 2.45) is 0 Å². The molecule has 0 bridgehead atoms. The van der Waals surface area contributed by atoms with Gasteiger partial charge in [0.05, 0.1) is 16.6 Å². The third-order valence-corrected chi connectivity index (χ3v) is 7.89. The molecule has 33 heavy (non-hydrogen) atoms. The number of rotatable bonds is 4. The largest absolute Gasteiger partial charge is 0.358 e. The number of nitrogens with one attached hydrogen (secondary N) is 1. The summed E-state index contributed by atoms with van der Waals surface area (Å²) in [6, 6.07) is 11.1. The smallest absolute Gasteiger partial charge is 0.253 e. The number of halogens is 1. The molecule has 3 heterocycles. The Kier molecular flexibility index (Phi) is 5.22. The van der Waals surface area contributed by atoms with E-state index in [0.29, 0.717) is 16.8 Å². The van der Waals surface area contributed by atoms with Crippen LogP contribution in [-0.4, -0.2) is 69.0 Å². The van der Waals surface area contributed by atoms with Crippen LogP contribution in [0.2, 0.25) is 0 Å². The van der Waals surface area contributed by atoms with Gasteiger partial charge in [0.1, 0.15) is 23.4 Å². The summed E-state index contributed by atoms with van der Waals surface area (Å²) < 4.78 is 44.8. The second-order valence-electron chi connectivity index (χ2n) is 7.89. The molecule has 0 radical (unpaired) electrons. The molecule has 2 aromatic carbocycles. The molecule has 1 aliphatic rings. The van der Waals surface area contributed by atoms with Gasteiger partial charge in [-0.1, -0.05) is 18.2 Å². The van der Waals surface area contributed by atoms with Crippen LogP contribution in [0.5, 0.6) is 0 Å². The number of carbonyl (C=O) groups is 1. The van der Waals surface area contributed by atoms with Crippen molar-refractivity contribution in [3.8, 4) is 5.69 Å². The summed E-state index contributed by atoms with van der Waals surface area (Å²) in [7, 11) is -4.04. The Labute approximate surface area is 189 Å². The zero-order valence-electron chi connectivity index (χ0n) is 17.7. The van der Waals surface area contributed by atoms with E-state index >= 15 is 0 Å². The highest BCUT2D eigenvalue weighted by Gasteiger charge is 2.37. The van der Waals surface area contributed by atoms with Crippen molar-refractivity contribution in [1.82, 2.24) is 29.0 Å². The minimum absolute atomic E-state index is 0.0296. The van der Waals surface area contributed by atoms with Crippen molar-refractivity contribution in [1.29, 1.82) is 0 Å². The molecule has 1 N–H and O–H groups in total. The molecule has 1 atom stereocenters. The molecule has 1 aliphatic heterocycles. The van der Waals surface area contributed by atoms with E-state index in [4.69, 9.17) is 0 Å². The minimum Gasteiger partial charge on any atom is -0.358 e. The van der Waals surface area contributed by atoms with E-state index in [-0.39, 0.29) is 35.8 Å². The lowest BCUT2D eigenvalue weighted by atomic mass is 10.1. The van der Waals surface area contributed by atoms with Crippen molar-refractivity contribution in [2.45, 2.75) is 17.9 Å². The fourth-order valence-corrected chi connectivity index (χ4v) is 6.04. The van der Waals surface area contributed by atoms with E-state index in [2.05, 4.69) is 15.1 Å². The van der Waals surface area contributed by atoms with Gasteiger partial charge in [-0.15, -0.1) is 0 Å². The van der Waals surface area contributed by atoms with Crippen molar-refractivity contribution in [3.63, 3.8) is 0 Å². The van der Waals surface area contributed by atoms with Crippen LogP contribution in [0.3, 0.4) is 0 Å². The van der Waals surface area contributed by atoms with E-state index < -0.39 is 21.9 Å². The standard InChI is InChI=1S/C22H21FN6O3S/c1-15-12-27(22(30)16-5-3-2-4-6-16)9-10-29(15)33(31,32)19-11-25-21-18(28-14-24-13-26-28)8-7-17(23)20(19)21/h2-8,11,13-15,25H,9-10,12H2,1H3/t15-/m1/s1. The normalized spacial score (nSPS) is 17.5. The summed E-state index contributed by atoms with van der Waals surface area (Å²) in [5, 5.41) is 4.03. The molecule has 0 aliphatic carbocycles. The Morgan fingerprint density at radius 2 is 1.94 bits per heavy atom. The number of aromatic nitrogens is 4. The van der Waals surface area contributed by atoms with Gasteiger partial charge in [-0.2, -0.15) is 9.40 Å². The van der Waals surface area contributed by atoms with Crippen molar-refractivity contribution in [3.05, 3.63) is 72.7 Å². The quantitative estimate of drug-likeness (QED) is 0.495. The first kappa shape index (κ1) is 21.3. The Morgan fingerprint density at radius 3 is 2.64 bits per heavy atom. The maximum Gasteiger partial charge on any atom is 0.253 e. The van der Waals surface area contributed by atoms with E-state index in [1.165, 1.54) is 40.0 Å². The van der Waals surface area contributed by atoms with Gasteiger partial charge in [-0.3, -0.25) is 4.79 Å². The fraction of sp³-hybridized carbons (Fsp3) is 0.227. The third-order valence-electron chi connectivity index (χ3n) is 5.85. The summed E-state index contributed by atoms with van der Waals surface area (Å²) in [6.45, 7) is 2.33. The van der Waals surface area contributed by atoms with Crippen LogP contribution in [0.4, 0.5) is 4.39 Å². The van der Waals surface area contributed by atoms with Crippen molar-refractivity contribution in [2.75, 3.05) is 19.6 Å². The average Bonchev–Trinajstić information content (AvgIpc) is 3.50. The van der Waals surface area contributed by atoms with E-state index in [1.54, 1.807) is 36.1 Å². The first-order valence-corrected chi connectivity index (χ1v) is 11.8. The summed E-state index contributed by atoms with van der Waals surface area (Å²) in [5.41, 5.74) is 1.35. The Balaban J connectivity index is 1.46. The summed E-state index contributed by atoms with van der Waals surface area (Å²) in [6.07, 6.45) is 4.10. The number of hydrogen-bond donors (Lipinski definition) is 1. The molecular weight excluding hydrogens is 447 g/mol. The highest BCUT2D eigenvalue weighted by molar-refractivity contribution is 7.89. The fourth-order valence-electron chi connectivity index (χ4n) is 4.26. The van der Waals surface area contributed by atoms with E-state index in [9.17, 15) is 17.6 Å². The number of aromatic amines is 1. The first-order valence-electron chi connectivity index (χ1n) is 10.4. The molecule has 0 spiro atoms. The maximum atomic E-state index is 14.9. The zero-order chi connectivity index (χ0) is 23.2.